The van der Waals surface area contributed by atoms with E-state index in [0.29, 0.717) is 49.1 Å². The van der Waals surface area contributed by atoms with E-state index in [9.17, 15) is 5.11 Å². The van der Waals surface area contributed by atoms with Gasteiger partial charge in [0.25, 0.3) is 0 Å². The molecule has 1 aliphatic heterocycles. The van der Waals surface area contributed by atoms with E-state index in [1.807, 2.05) is 11.0 Å². The van der Waals surface area contributed by atoms with Crippen molar-refractivity contribution in [2.75, 3.05) is 40.5 Å². The highest BCUT2D eigenvalue weighted by molar-refractivity contribution is 5.89. The molecule has 1 unspecified atom stereocenters. The van der Waals surface area contributed by atoms with Crippen LogP contribution in [-0.2, 0) is 4.74 Å². The molecule has 21 heavy (non-hydrogen) atoms. The van der Waals surface area contributed by atoms with Crippen LogP contribution < -0.4 is 9.47 Å². The van der Waals surface area contributed by atoms with Crippen molar-refractivity contribution < 1.29 is 23.7 Å². The van der Waals surface area contributed by atoms with Crippen molar-refractivity contribution in [2.45, 2.75) is 6.23 Å². The van der Waals surface area contributed by atoms with Crippen molar-refractivity contribution in [3.63, 3.8) is 0 Å². The lowest BCUT2D eigenvalue weighted by Crippen LogP contribution is -2.38. The molecule has 6 nitrogen and oxygen atoms in total. The average molecular weight is 293 g/mol. The van der Waals surface area contributed by atoms with E-state index in [1.165, 1.54) is 0 Å². The highest BCUT2D eigenvalue weighted by Crippen LogP contribution is 2.37. The third-order valence-electron chi connectivity index (χ3n) is 3.71. The highest BCUT2D eigenvalue weighted by atomic mass is 16.5. The SMILES string of the molecule is COc1ccc(OC)c2oc(C(O)N3CCOCC3)cc12. The Balaban J connectivity index is 1.99. The van der Waals surface area contributed by atoms with Crippen molar-refractivity contribution in [3.05, 3.63) is 24.0 Å². The van der Waals surface area contributed by atoms with Gasteiger partial charge in [-0.3, -0.25) is 4.90 Å². The number of hydrogen-bond donors (Lipinski definition) is 1. The summed E-state index contributed by atoms with van der Waals surface area (Å²) >= 11 is 0. The van der Waals surface area contributed by atoms with E-state index in [1.54, 1.807) is 26.4 Å². The highest BCUT2D eigenvalue weighted by Gasteiger charge is 2.25. The van der Waals surface area contributed by atoms with E-state index in [2.05, 4.69) is 0 Å². The Morgan fingerprint density at radius 1 is 1.14 bits per heavy atom. The molecular weight excluding hydrogens is 274 g/mol. The summed E-state index contributed by atoms with van der Waals surface area (Å²) < 4.78 is 21.7. The van der Waals surface area contributed by atoms with Gasteiger partial charge in [0.15, 0.2) is 17.6 Å². The number of methoxy groups -OCH3 is 2. The Kier molecular flexibility index (Phi) is 4.01. The molecule has 3 rings (SSSR count). The molecule has 1 aliphatic rings. The zero-order chi connectivity index (χ0) is 14.8. The van der Waals surface area contributed by atoms with Crippen molar-refractivity contribution in [3.8, 4) is 11.5 Å². The average Bonchev–Trinajstić information content (AvgIpc) is 2.99. The second-order valence-corrected chi connectivity index (χ2v) is 4.88. The minimum atomic E-state index is -0.796. The maximum Gasteiger partial charge on any atom is 0.180 e. The van der Waals surface area contributed by atoms with Crippen LogP contribution in [-0.4, -0.2) is 50.5 Å². The summed E-state index contributed by atoms with van der Waals surface area (Å²) in [5, 5.41) is 11.3. The number of benzene rings is 1. The number of nitrogens with zero attached hydrogens (tertiary/aromatic N) is 1. The zero-order valence-corrected chi connectivity index (χ0v) is 12.2. The Bertz CT molecular complexity index is 577. The number of furan rings is 1. The first kappa shape index (κ1) is 14.2. The normalized spacial score (nSPS) is 17.9. The summed E-state index contributed by atoms with van der Waals surface area (Å²) in [6, 6.07) is 5.41. The number of rotatable bonds is 4. The van der Waals surface area contributed by atoms with Gasteiger partial charge in [-0.25, -0.2) is 0 Å². The van der Waals surface area contributed by atoms with Gasteiger partial charge in [0.1, 0.15) is 11.5 Å². The lowest BCUT2D eigenvalue weighted by Gasteiger charge is -2.29. The molecule has 1 atom stereocenters. The Morgan fingerprint density at radius 3 is 2.48 bits per heavy atom. The Hall–Kier alpha value is -1.76. The number of hydrogen-bond acceptors (Lipinski definition) is 6. The third-order valence-corrected chi connectivity index (χ3v) is 3.71. The lowest BCUT2D eigenvalue weighted by atomic mass is 10.2. The van der Waals surface area contributed by atoms with Crippen LogP contribution in [0.15, 0.2) is 22.6 Å². The summed E-state index contributed by atoms with van der Waals surface area (Å²) in [4.78, 5) is 1.92. The molecule has 1 fully saturated rings. The topological polar surface area (TPSA) is 64.3 Å². The van der Waals surface area contributed by atoms with Crippen molar-refractivity contribution in [1.29, 1.82) is 0 Å². The Morgan fingerprint density at radius 2 is 1.81 bits per heavy atom. The third kappa shape index (κ3) is 2.57. The van der Waals surface area contributed by atoms with Gasteiger partial charge in [0.2, 0.25) is 0 Å². The smallest absolute Gasteiger partial charge is 0.180 e. The predicted molar refractivity (Wildman–Crippen MR) is 76.7 cm³/mol. The van der Waals surface area contributed by atoms with Gasteiger partial charge < -0.3 is 23.7 Å². The first-order valence-corrected chi connectivity index (χ1v) is 6.89. The molecule has 1 aromatic carbocycles. The molecule has 1 aromatic heterocycles. The maximum absolute atomic E-state index is 10.5. The summed E-state index contributed by atoms with van der Waals surface area (Å²) in [7, 11) is 3.19. The van der Waals surface area contributed by atoms with Gasteiger partial charge in [-0.15, -0.1) is 0 Å². The molecule has 1 N–H and O–H groups in total. The first-order chi connectivity index (χ1) is 10.2. The monoisotopic (exact) mass is 293 g/mol. The molecule has 0 spiro atoms. The summed E-state index contributed by atoms with van der Waals surface area (Å²) in [6.07, 6.45) is -0.796. The van der Waals surface area contributed by atoms with E-state index in [4.69, 9.17) is 18.6 Å². The van der Waals surface area contributed by atoms with E-state index in [0.717, 1.165) is 5.39 Å². The van der Waals surface area contributed by atoms with Crippen LogP contribution in [0.4, 0.5) is 0 Å². The zero-order valence-electron chi connectivity index (χ0n) is 12.2. The molecule has 6 heteroatoms. The largest absolute Gasteiger partial charge is 0.496 e. The van der Waals surface area contributed by atoms with Crippen molar-refractivity contribution in [1.82, 2.24) is 4.90 Å². The molecule has 1 saturated heterocycles. The van der Waals surface area contributed by atoms with Crippen LogP contribution >= 0.6 is 0 Å². The number of fused-ring (bicyclic) bond motifs is 1. The predicted octanol–water partition coefficient (Wildman–Crippen LogP) is 1.77. The second-order valence-electron chi connectivity index (χ2n) is 4.88. The van der Waals surface area contributed by atoms with Crippen LogP contribution in [0.5, 0.6) is 11.5 Å². The fraction of sp³-hybridized carbons (Fsp3) is 0.467. The van der Waals surface area contributed by atoms with Crippen LogP contribution in [0, 0.1) is 0 Å². The van der Waals surface area contributed by atoms with Gasteiger partial charge in [-0.05, 0) is 18.2 Å². The molecule has 0 aliphatic carbocycles. The van der Waals surface area contributed by atoms with Crippen LogP contribution in [0.1, 0.15) is 12.0 Å². The van der Waals surface area contributed by atoms with Crippen LogP contribution in [0.25, 0.3) is 11.0 Å². The first-order valence-electron chi connectivity index (χ1n) is 6.89. The van der Waals surface area contributed by atoms with Crippen LogP contribution in [0.2, 0.25) is 0 Å². The molecule has 114 valence electrons. The summed E-state index contributed by atoms with van der Waals surface area (Å²) in [5.74, 6) is 1.79. The molecule has 2 heterocycles. The number of aliphatic hydroxyl groups is 1. The maximum atomic E-state index is 10.5. The van der Waals surface area contributed by atoms with E-state index in [-0.39, 0.29) is 0 Å². The quantitative estimate of drug-likeness (QED) is 0.927. The Labute approximate surface area is 122 Å². The fourth-order valence-corrected chi connectivity index (χ4v) is 2.56. The van der Waals surface area contributed by atoms with Gasteiger partial charge in [0.05, 0.1) is 32.8 Å². The van der Waals surface area contributed by atoms with Gasteiger partial charge in [-0.2, -0.15) is 0 Å². The summed E-state index contributed by atoms with van der Waals surface area (Å²) in [6.45, 7) is 2.58. The lowest BCUT2D eigenvalue weighted by molar-refractivity contribution is -0.0688. The minimum absolute atomic E-state index is 0.481. The van der Waals surface area contributed by atoms with E-state index < -0.39 is 6.23 Å². The van der Waals surface area contributed by atoms with E-state index >= 15 is 0 Å². The molecule has 0 bridgehead atoms. The van der Waals surface area contributed by atoms with Crippen molar-refractivity contribution >= 4 is 11.0 Å². The number of aliphatic hydroxyl groups excluding tert-OH is 1. The fourth-order valence-electron chi connectivity index (χ4n) is 2.56. The minimum Gasteiger partial charge on any atom is -0.496 e. The molecule has 2 aromatic rings. The van der Waals surface area contributed by atoms with Crippen molar-refractivity contribution in [2.24, 2.45) is 0 Å². The summed E-state index contributed by atoms with van der Waals surface area (Å²) in [5.41, 5.74) is 0.583. The van der Waals surface area contributed by atoms with Gasteiger partial charge in [0, 0.05) is 13.1 Å². The molecule has 0 saturated carbocycles. The van der Waals surface area contributed by atoms with Crippen LogP contribution in [0.3, 0.4) is 0 Å². The van der Waals surface area contributed by atoms with Gasteiger partial charge in [-0.1, -0.05) is 0 Å². The molecule has 0 radical (unpaired) electrons. The molecular formula is C15H19NO5. The number of ether oxygens (including phenoxy) is 3. The molecule has 0 amide bonds. The number of morpholine rings is 1. The van der Waals surface area contributed by atoms with Gasteiger partial charge >= 0.3 is 0 Å². The standard InChI is InChI=1S/C15H19NO5/c1-18-11-3-4-12(19-2)14-10(11)9-13(21-14)15(17)16-5-7-20-8-6-16/h3-4,9,15,17H,5-8H2,1-2H3. The second kappa shape index (κ2) is 5.93.